The maximum Gasteiger partial charge on any atom is 0.260 e. The van der Waals surface area contributed by atoms with Gasteiger partial charge in [0.05, 0.1) is 30.3 Å². The van der Waals surface area contributed by atoms with Crippen LogP contribution in [0.1, 0.15) is 36.5 Å². The van der Waals surface area contributed by atoms with Crippen molar-refractivity contribution in [3.8, 4) is 5.88 Å². The molecule has 0 aromatic carbocycles. The van der Waals surface area contributed by atoms with Crippen LogP contribution in [0.25, 0.3) is 5.65 Å². The third kappa shape index (κ3) is 5.20. The predicted molar refractivity (Wildman–Crippen MR) is 106 cm³/mol. The van der Waals surface area contributed by atoms with Gasteiger partial charge < -0.3 is 10.1 Å². The number of pyridine rings is 1. The number of carbonyl (C=O) groups excluding carboxylic acids is 1. The first-order valence-electron chi connectivity index (χ1n) is 8.66. The van der Waals surface area contributed by atoms with Gasteiger partial charge in [-0.1, -0.05) is 19.8 Å². The van der Waals surface area contributed by atoms with Gasteiger partial charge in [0.25, 0.3) is 5.91 Å². The molecule has 1 amide bonds. The van der Waals surface area contributed by atoms with E-state index in [2.05, 4.69) is 32.6 Å². The lowest BCUT2D eigenvalue weighted by Crippen LogP contribution is -2.34. The van der Waals surface area contributed by atoms with E-state index in [1.54, 1.807) is 36.8 Å². The SMILES string of the molecule is CCCCCOc1ccc(NC(=S)NC(=O)c2cnc3ccnn3c2)cn1. The van der Waals surface area contributed by atoms with Crippen molar-refractivity contribution >= 4 is 34.6 Å². The number of nitrogens with zero attached hydrogens (tertiary/aromatic N) is 4. The molecule has 0 bridgehead atoms. The van der Waals surface area contributed by atoms with Crippen LogP contribution in [0.2, 0.25) is 0 Å². The van der Waals surface area contributed by atoms with E-state index in [4.69, 9.17) is 17.0 Å². The number of anilines is 1. The average molecular weight is 384 g/mol. The summed E-state index contributed by atoms with van der Waals surface area (Å²) in [5.74, 6) is 0.187. The van der Waals surface area contributed by atoms with Gasteiger partial charge in [-0.15, -0.1) is 0 Å². The largest absolute Gasteiger partial charge is 0.478 e. The zero-order valence-electron chi connectivity index (χ0n) is 14.9. The number of hydrogen-bond donors (Lipinski definition) is 2. The number of carbonyl (C=O) groups is 1. The summed E-state index contributed by atoms with van der Waals surface area (Å²) < 4.78 is 7.08. The van der Waals surface area contributed by atoms with E-state index in [0.29, 0.717) is 29.4 Å². The topological polar surface area (TPSA) is 93.4 Å². The molecule has 0 saturated carbocycles. The molecule has 8 nitrogen and oxygen atoms in total. The Kier molecular flexibility index (Phi) is 6.26. The first-order valence-corrected chi connectivity index (χ1v) is 9.07. The highest BCUT2D eigenvalue weighted by atomic mass is 32.1. The van der Waals surface area contributed by atoms with Crippen molar-refractivity contribution in [1.29, 1.82) is 0 Å². The molecule has 0 spiro atoms. The van der Waals surface area contributed by atoms with Gasteiger partial charge in [-0.25, -0.2) is 14.5 Å². The van der Waals surface area contributed by atoms with Gasteiger partial charge in [0.2, 0.25) is 5.88 Å². The third-order valence-corrected chi connectivity index (χ3v) is 3.93. The number of nitrogens with one attached hydrogen (secondary N) is 2. The van der Waals surface area contributed by atoms with Crippen molar-refractivity contribution in [2.75, 3.05) is 11.9 Å². The normalized spacial score (nSPS) is 10.6. The summed E-state index contributed by atoms with van der Waals surface area (Å²) >= 11 is 5.18. The fourth-order valence-electron chi connectivity index (χ4n) is 2.33. The number of unbranched alkanes of at least 4 members (excludes halogenated alkanes) is 2. The molecule has 0 aliphatic carbocycles. The van der Waals surface area contributed by atoms with Crippen molar-refractivity contribution < 1.29 is 9.53 Å². The lowest BCUT2D eigenvalue weighted by molar-refractivity contribution is 0.0977. The van der Waals surface area contributed by atoms with Crippen LogP contribution in [0.3, 0.4) is 0 Å². The molecule has 0 saturated heterocycles. The van der Waals surface area contributed by atoms with Crippen LogP contribution >= 0.6 is 12.2 Å². The minimum atomic E-state index is -0.374. The lowest BCUT2D eigenvalue weighted by Gasteiger charge is -2.10. The number of amides is 1. The summed E-state index contributed by atoms with van der Waals surface area (Å²) in [4.78, 5) is 20.6. The smallest absolute Gasteiger partial charge is 0.260 e. The molecule has 0 atom stereocenters. The number of hydrogen-bond acceptors (Lipinski definition) is 6. The quantitative estimate of drug-likeness (QED) is 0.478. The number of aromatic nitrogens is 4. The van der Waals surface area contributed by atoms with Gasteiger partial charge in [-0.3, -0.25) is 10.1 Å². The van der Waals surface area contributed by atoms with Crippen LogP contribution in [0.15, 0.2) is 43.0 Å². The summed E-state index contributed by atoms with van der Waals surface area (Å²) in [6, 6.07) is 5.30. The Morgan fingerprint density at radius 1 is 1.22 bits per heavy atom. The van der Waals surface area contributed by atoms with Crippen LogP contribution in [0, 0.1) is 0 Å². The van der Waals surface area contributed by atoms with E-state index in [1.165, 1.54) is 10.7 Å². The van der Waals surface area contributed by atoms with Crippen molar-refractivity contribution in [3.63, 3.8) is 0 Å². The summed E-state index contributed by atoms with van der Waals surface area (Å²) in [6.45, 7) is 2.79. The average Bonchev–Trinajstić information content (AvgIpc) is 3.14. The maximum absolute atomic E-state index is 12.3. The van der Waals surface area contributed by atoms with Gasteiger partial charge in [-0.05, 0) is 24.7 Å². The summed E-state index contributed by atoms with van der Waals surface area (Å²) in [7, 11) is 0. The highest BCUT2D eigenvalue weighted by molar-refractivity contribution is 7.80. The second kappa shape index (κ2) is 9.04. The van der Waals surface area contributed by atoms with Crippen LogP contribution in [0.5, 0.6) is 5.88 Å². The molecular weight excluding hydrogens is 364 g/mol. The Balaban J connectivity index is 1.51. The van der Waals surface area contributed by atoms with Crippen LogP contribution in [0.4, 0.5) is 5.69 Å². The molecule has 0 aliphatic rings. The zero-order chi connectivity index (χ0) is 19.1. The molecule has 27 heavy (non-hydrogen) atoms. The highest BCUT2D eigenvalue weighted by Crippen LogP contribution is 2.12. The molecule has 3 aromatic rings. The van der Waals surface area contributed by atoms with Crippen molar-refractivity contribution in [3.05, 3.63) is 48.5 Å². The lowest BCUT2D eigenvalue weighted by atomic mass is 10.3. The Hall–Kier alpha value is -3.07. The highest BCUT2D eigenvalue weighted by Gasteiger charge is 2.10. The third-order valence-electron chi connectivity index (χ3n) is 3.73. The number of ether oxygens (including phenoxy) is 1. The molecule has 9 heteroatoms. The molecule has 3 rings (SSSR count). The molecule has 0 fully saturated rings. The predicted octanol–water partition coefficient (Wildman–Crippen LogP) is 2.82. The second-order valence-electron chi connectivity index (χ2n) is 5.83. The molecule has 0 unspecified atom stereocenters. The van der Waals surface area contributed by atoms with E-state index in [0.717, 1.165) is 19.3 Å². The van der Waals surface area contributed by atoms with Crippen molar-refractivity contribution in [2.24, 2.45) is 0 Å². The summed E-state index contributed by atoms with van der Waals surface area (Å²) in [6.07, 6.45) is 9.57. The fourth-order valence-corrected chi connectivity index (χ4v) is 2.54. The van der Waals surface area contributed by atoms with E-state index >= 15 is 0 Å². The molecule has 140 valence electrons. The summed E-state index contributed by atoms with van der Waals surface area (Å²) in [5, 5.41) is 9.74. The van der Waals surface area contributed by atoms with Gasteiger partial charge >= 0.3 is 0 Å². The second-order valence-corrected chi connectivity index (χ2v) is 6.23. The van der Waals surface area contributed by atoms with E-state index in [9.17, 15) is 4.79 Å². The van der Waals surface area contributed by atoms with Crippen molar-refractivity contribution in [2.45, 2.75) is 26.2 Å². The fraction of sp³-hybridized carbons (Fsp3) is 0.278. The van der Waals surface area contributed by atoms with Gasteiger partial charge in [0.15, 0.2) is 10.8 Å². The molecule has 3 heterocycles. The van der Waals surface area contributed by atoms with Crippen LogP contribution in [-0.4, -0.2) is 37.2 Å². The van der Waals surface area contributed by atoms with E-state index in [1.807, 2.05) is 0 Å². The van der Waals surface area contributed by atoms with Gasteiger partial charge in [-0.2, -0.15) is 5.10 Å². The molecule has 3 aromatic heterocycles. The minimum Gasteiger partial charge on any atom is -0.478 e. The van der Waals surface area contributed by atoms with E-state index < -0.39 is 0 Å². The Morgan fingerprint density at radius 2 is 2.11 bits per heavy atom. The first-order chi connectivity index (χ1) is 13.2. The van der Waals surface area contributed by atoms with Crippen molar-refractivity contribution in [1.82, 2.24) is 24.9 Å². The molecule has 2 N–H and O–H groups in total. The number of rotatable bonds is 7. The Labute approximate surface area is 162 Å². The molecule has 0 radical (unpaired) electrons. The van der Waals surface area contributed by atoms with Crippen LogP contribution in [-0.2, 0) is 0 Å². The Morgan fingerprint density at radius 3 is 2.89 bits per heavy atom. The van der Waals surface area contributed by atoms with Gasteiger partial charge in [0.1, 0.15) is 0 Å². The molecular formula is C18H20N6O2S. The first kappa shape index (κ1) is 18.7. The number of thiocarbonyl (C=S) groups is 1. The minimum absolute atomic E-state index is 0.166. The van der Waals surface area contributed by atoms with E-state index in [-0.39, 0.29) is 11.0 Å². The van der Waals surface area contributed by atoms with Crippen LogP contribution < -0.4 is 15.4 Å². The summed E-state index contributed by atoms with van der Waals surface area (Å²) in [5.41, 5.74) is 1.67. The number of fused-ring (bicyclic) bond motifs is 1. The maximum atomic E-state index is 12.3. The standard InChI is InChI=1S/C18H20N6O2S/c1-2-3-4-9-26-16-6-5-14(11-20-16)22-18(27)23-17(25)13-10-19-15-7-8-21-24(15)12-13/h5-8,10-12H,2-4,9H2,1H3,(H2,22,23,25,27). The monoisotopic (exact) mass is 384 g/mol. The van der Waals surface area contributed by atoms with Gasteiger partial charge in [0, 0.05) is 24.5 Å². The zero-order valence-corrected chi connectivity index (χ0v) is 15.7. The Bertz CT molecular complexity index is 925. The molecule has 0 aliphatic heterocycles.